The molecule has 4 rings (SSSR count). The SMILES string of the molecule is COc1cc(NC(=O)Cc2ccc(C3CC4CN(C#N)CC4C3)nc2)ncc1Cl. The van der Waals surface area contributed by atoms with Crippen molar-refractivity contribution in [2.75, 3.05) is 25.5 Å². The minimum atomic E-state index is -0.177. The summed E-state index contributed by atoms with van der Waals surface area (Å²) in [6.45, 7) is 1.75. The highest BCUT2D eigenvalue weighted by molar-refractivity contribution is 6.32. The Hall–Kier alpha value is -2.85. The molecule has 3 heterocycles. The van der Waals surface area contributed by atoms with Crippen molar-refractivity contribution in [3.05, 3.63) is 46.9 Å². The minimum absolute atomic E-state index is 0.177. The first-order valence-electron chi connectivity index (χ1n) is 9.64. The van der Waals surface area contributed by atoms with E-state index in [2.05, 4.69) is 21.5 Å². The summed E-state index contributed by atoms with van der Waals surface area (Å²) in [5.41, 5.74) is 1.93. The smallest absolute Gasteiger partial charge is 0.230 e. The molecular weight excluding hydrogens is 390 g/mol. The van der Waals surface area contributed by atoms with E-state index in [9.17, 15) is 4.79 Å². The molecule has 2 unspecified atom stereocenters. The van der Waals surface area contributed by atoms with Crippen LogP contribution < -0.4 is 10.1 Å². The number of likely N-dealkylation sites (tertiary alicyclic amines) is 1. The Balaban J connectivity index is 1.33. The van der Waals surface area contributed by atoms with Crippen molar-refractivity contribution < 1.29 is 9.53 Å². The van der Waals surface area contributed by atoms with Crippen LogP contribution in [0, 0.1) is 23.3 Å². The molecule has 1 amide bonds. The maximum Gasteiger partial charge on any atom is 0.230 e. The summed E-state index contributed by atoms with van der Waals surface area (Å²) in [4.78, 5) is 22.9. The maximum atomic E-state index is 12.3. The van der Waals surface area contributed by atoms with E-state index in [0.29, 0.717) is 34.3 Å². The number of halogens is 1. The molecule has 2 aromatic heterocycles. The summed E-state index contributed by atoms with van der Waals surface area (Å²) >= 11 is 5.95. The zero-order valence-electron chi connectivity index (χ0n) is 16.1. The summed E-state index contributed by atoms with van der Waals surface area (Å²) in [6, 6.07) is 5.58. The van der Waals surface area contributed by atoms with E-state index in [0.717, 1.165) is 37.2 Å². The number of fused-ring (bicyclic) bond motifs is 1. The van der Waals surface area contributed by atoms with Gasteiger partial charge in [-0.3, -0.25) is 9.78 Å². The number of methoxy groups -OCH3 is 1. The van der Waals surface area contributed by atoms with Gasteiger partial charge in [0.05, 0.1) is 19.7 Å². The van der Waals surface area contributed by atoms with Gasteiger partial charge in [-0.2, -0.15) is 5.26 Å². The molecule has 1 aliphatic carbocycles. The van der Waals surface area contributed by atoms with Gasteiger partial charge in [0, 0.05) is 37.0 Å². The van der Waals surface area contributed by atoms with E-state index in [1.54, 1.807) is 12.3 Å². The number of amides is 1. The lowest BCUT2D eigenvalue weighted by atomic mass is 10.00. The molecule has 2 atom stereocenters. The van der Waals surface area contributed by atoms with Crippen LogP contribution in [0.5, 0.6) is 5.75 Å². The zero-order valence-corrected chi connectivity index (χ0v) is 16.9. The Morgan fingerprint density at radius 3 is 2.69 bits per heavy atom. The van der Waals surface area contributed by atoms with Gasteiger partial charge in [0.15, 0.2) is 6.19 Å². The number of carbonyl (C=O) groups is 1. The lowest BCUT2D eigenvalue weighted by Crippen LogP contribution is -2.16. The molecule has 7 nitrogen and oxygen atoms in total. The quantitative estimate of drug-likeness (QED) is 0.759. The van der Waals surface area contributed by atoms with Gasteiger partial charge < -0.3 is 15.0 Å². The first-order chi connectivity index (χ1) is 14.1. The van der Waals surface area contributed by atoms with Crippen LogP contribution >= 0.6 is 11.6 Å². The summed E-state index contributed by atoms with van der Waals surface area (Å²) in [7, 11) is 1.51. The van der Waals surface area contributed by atoms with E-state index in [1.807, 2.05) is 17.0 Å². The molecule has 29 heavy (non-hydrogen) atoms. The standard InChI is InChI=1S/C21H22ClN5O2/c1-29-19-7-20(25-9-17(19)22)26-21(28)4-13-2-3-18(24-8-13)14-5-15-10-27(12-23)11-16(15)6-14/h2-3,7-9,14-16H,4-6,10-11H2,1H3,(H,25,26,28). The molecule has 0 spiro atoms. The van der Waals surface area contributed by atoms with Gasteiger partial charge in [-0.15, -0.1) is 0 Å². The summed E-state index contributed by atoms with van der Waals surface area (Å²) in [5.74, 6) is 2.31. The third kappa shape index (κ3) is 4.28. The number of nitrogens with zero attached hydrogens (tertiary/aromatic N) is 4. The molecule has 1 N–H and O–H groups in total. The molecule has 0 bridgehead atoms. The van der Waals surface area contributed by atoms with Crippen LogP contribution in [-0.2, 0) is 11.2 Å². The molecule has 2 aromatic rings. The lowest BCUT2D eigenvalue weighted by molar-refractivity contribution is -0.115. The largest absolute Gasteiger partial charge is 0.495 e. The van der Waals surface area contributed by atoms with E-state index < -0.39 is 0 Å². The molecule has 1 saturated carbocycles. The number of nitriles is 1. The van der Waals surface area contributed by atoms with E-state index in [4.69, 9.17) is 21.6 Å². The number of hydrogen-bond acceptors (Lipinski definition) is 6. The van der Waals surface area contributed by atoms with Gasteiger partial charge in [-0.25, -0.2) is 4.98 Å². The average molecular weight is 412 g/mol. The van der Waals surface area contributed by atoms with E-state index in [-0.39, 0.29) is 12.3 Å². The molecule has 2 aliphatic rings. The molecular formula is C21H22ClN5O2. The fourth-order valence-electron chi connectivity index (χ4n) is 4.42. The Bertz CT molecular complexity index is 929. The lowest BCUT2D eigenvalue weighted by Gasteiger charge is -2.14. The summed E-state index contributed by atoms with van der Waals surface area (Å²) in [6.07, 6.45) is 7.86. The second kappa shape index (κ2) is 8.26. The Kier molecular flexibility index (Phi) is 5.54. The number of ether oxygens (including phenoxy) is 1. The number of carbonyl (C=O) groups excluding carboxylic acids is 1. The monoisotopic (exact) mass is 411 g/mol. The average Bonchev–Trinajstić information content (AvgIpc) is 3.29. The van der Waals surface area contributed by atoms with Gasteiger partial charge in [-0.1, -0.05) is 17.7 Å². The number of aromatic nitrogens is 2. The summed E-state index contributed by atoms with van der Waals surface area (Å²) < 4.78 is 5.14. The van der Waals surface area contributed by atoms with Crippen LogP contribution in [0.1, 0.15) is 30.0 Å². The molecule has 150 valence electrons. The third-order valence-electron chi connectivity index (χ3n) is 5.83. The minimum Gasteiger partial charge on any atom is -0.495 e. The van der Waals surface area contributed by atoms with Crippen molar-refractivity contribution in [1.29, 1.82) is 5.26 Å². The third-order valence-corrected chi connectivity index (χ3v) is 6.11. The first kappa shape index (κ1) is 19.5. The normalized spacial score (nSPS) is 22.8. The van der Waals surface area contributed by atoms with Crippen molar-refractivity contribution in [1.82, 2.24) is 14.9 Å². The number of hydrogen-bond donors (Lipinski definition) is 1. The number of anilines is 1. The molecule has 8 heteroatoms. The second-order valence-electron chi connectivity index (χ2n) is 7.71. The van der Waals surface area contributed by atoms with Gasteiger partial charge in [0.1, 0.15) is 16.6 Å². The van der Waals surface area contributed by atoms with Gasteiger partial charge >= 0.3 is 0 Å². The van der Waals surface area contributed by atoms with Crippen molar-refractivity contribution in [2.45, 2.75) is 25.2 Å². The van der Waals surface area contributed by atoms with Crippen molar-refractivity contribution in [2.24, 2.45) is 11.8 Å². The maximum absolute atomic E-state index is 12.3. The Morgan fingerprint density at radius 2 is 2.07 bits per heavy atom. The fraction of sp³-hybridized carbons (Fsp3) is 0.429. The fourth-order valence-corrected chi connectivity index (χ4v) is 4.60. The number of pyridine rings is 2. The topological polar surface area (TPSA) is 91.1 Å². The molecule has 1 aliphatic heterocycles. The predicted octanol–water partition coefficient (Wildman–Crippen LogP) is 3.23. The summed E-state index contributed by atoms with van der Waals surface area (Å²) in [5, 5.41) is 12.2. The van der Waals surface area contributed by atoms with Gasteiger partial charge in [0.2, 0.25) is 5.91 Å². The van der Waals surface area contributed by atoms with Crippen LogP contribution in [0.4, 0.5) is 5.82 Å². The molecule has 0 aromatic carbocycles. The van der Waals surface area contributed by atoms with Crippen LogP contribution in [0.3, 0.4) is 0 Å². The highest BCUT2D eigenvalue weighted by Gasteiger charge is 2.41. The van der Waals surface area contributed by atoms with E-state index >= 15 is 0 Å². The molecule has 1 saturated heterocycles. The van der Waals surface area contributed by atoms with Gasteiger partial charge in [0.25, 0.3) is 0 Å². The van der Waals surface area contributed by atoms with Crippen LogP contribution in [0.15, 0.2) is 30.6 Å². The Morgan fingerprint density at radius 1 is 1.31 bits per heavy atom. The van der Waals surface area contributed by atoms with Crippen LogP contribution in [-0.4, -0.2) is 41.0 Å². The van der Waals surface area contributed by atoms with Crippen molar-refractivity contribution >= 4 is 23.3 Å². The Labute approximate surface area is 174 Å². The van der Waals surface area contributed by atoms with Crippen LogP contribution in [0.2, 0.25) is 5.02 Å². The second-order valence-corrected chi connectivity index (χ2v) is 8.12. The first-order valence-corrected chi connectivity index (χ1v) is 10.0. The highest BCUT2D eigenvalue weighted by Crippen LogP contribution is 2.45. The van der Waals surface area contributed by atoms with Crippen LogP contribution in [0.25, 0.3) is 0 Å². The zero-order chi connectivity index (χ0) is 20.4. The van der Waals surface area contributed by atoms with Gasteiger partial charge in [-0.05, 0) is 36.3 Å². The highest BCUT2D eigenvalue weighted by atomic mass is 35.5. The van der Waals surface area contributed by atoms with Crippen molar-refractivity contribution in [3.8, 4) is 11.9 Å². The predicted molar refractivity (Wildman–Crippen MR) is 109 cm³/mol. The molecule has 2 fully saturated rings. The molecule has 0 radical (unpaired) electrons. The number of rotatable bonds is 5. The number of nitrogens with one attached hydrogen (secondary N) is 1. The van der Waals surface area contributed by atoms with Crippen molar-refractivity contribution in [3.63, 3.8) is 0 Å². The van der Waals surface area contributed by atoms with E-state index in [1.165, 1.54) is 13.3 Å².